The number of ether oxygens (including phenoxy) is 3. The summed E-state index contributed by atoms with van der Waals surface area (Å²) in [5.41, 5.74) is 0.741. The topological polar surface area (TPSA) is 74.3 Å². The van der Waals surface area contributed by atoms with Gasteiger partial charge < -0.3 is 19.1 Å². The Labute approximate surface area is 185 Å². The van der Waals surface area contributed by atoms with E-state index in [9.17, 15) is 8.42 Å². The van der Waals surface area contributed by atoms with Crippen LogP contribution in [0.25, 0.3) is 0 Å². The van der Waals surface area contributed by atoms with Crippen LogP contribution in [0.3, 0.4) is 0 Å². The van der Waals surface area contributed by atoms with Gasteiger partial charge >= 0.3 is 0 Å². The summed E-state index contributed by atoms with van der Waals surface area (Å²) in [4.78, 5) is 2.33. The van der Waals surface area contributed by atoms with E-state index in [1.54, 1.807) is 26.4 Å². The van der Waals surface area contributed by atoms with Gasteiger partial charge in [0.25, 0.3) is 10.1 Å². The third-order valence-corrected chi connectivity index (χ3v) is 6.46. The first-order chi connectivity index (χ1) is 15.0. The number of nitrogens with zero attached hydrogens (tertiary/aromatic N) is 1. The van der Waals surface area contributed by atoms with Crippen LogP contribution < -0.4 is 14.2 Å². The molecule has 1 fully saturated rings. The maximum absolute atomic E-state index is 12.2. The van der Waals surface area contributed by atoms with E-state index >= 15 is 0 Å². The average Bonchev–Trinajstić information content (AvgIpc) is 3.23. The second-order valence-corrected chi connectivity index (χ2v) is 9.29. The van der Waals surface area contributed by atoms with E-state index < -0.39 is 10.1 Å². The van der Waals surface area contributed by atoms with Crippen molar-refractivity contribution < 1.29 is 26.8 Å². The molecule has 1 aliphatic rings. The van der Waals surface area contributed by atoms with E-state index in [-0.39, 0.29) is 18.3 Å². The third-order valence-electron chi connectivity index (χ3n) is 5.28. The van der Waals surface area contributed by atoms with Crippen molar-refractivity contribution in [3.8, 4) is 17.2 Å². The van der Waals surface area contributed by atoms with Crippen molar-refractivity contribution >= 4 is 10.1 Å². The Morgan fingerprint density at radius 3 is 2.55 bits per heavy atom. The van der Waals surface area contributed by atoms with Gasteiger partial charge in [-0.05, 0) is 43.0 Å². The summed E-state index contributed by atoms with van der Waals surface area (Å²) in [6, 6.07) is 14.6. The minimum atomic E-state index is -3.56. The number of hydrogen-bond donors (Lipinski definition) is 0. The molecule has 1 heterocycles. The molecule has 7 nitrogen and oxygen atoms in total. The molecule has 0 amide bonds. The quantitative estimate of drug-likeness (QED) is 0.363. The van der Waals surface area contributed by atoms with Gasteiger partial charge in [-0.2, -0.15) is 8.42 Å². The molecule has 1 unspecified atom stereocenters. The zero-order valence-corrected chi connectivity index (χ0v) is 19.0. The van der Waals surface area contributed by atoms with Crippen molar-refractivity contribution in [2.24, 2.45) is 5.92 Å². The van der Waals surface area contributed by atoms with Crippen LogP contribution in [0.2, 0.25) is 0 Å². The van der Waals surface area contributed by atoms with Gasteiger partial charge in [0.2, 0.25) is 0 Å². The molecule has 0 aromatic heterocycles. The normalized spacial score (nSPS) is 16.9. The van der Waals surface area contributed by atoms with Gasteiger partial charge in [0.1, 0.15) is 11.5 Å². The summed E-state index contributed by atoms with van der Waals surface area (Å²) in [6.45, 7) is 3.54. The Bertz CT molecular complexity index is 919. The number of rotatable bonds is 12. The molecule has 0 N–H and O–H groups in total. The lowest BCUT2D eigenvalue weighted by atomic mass is 10.1. The number of likely N-dealkylation sites (tertiary alicyclic amines) is 1. The molecule has 170 valence electrons. The molecule has 1 aliphatic heterocycles. The molecular weight excluding hydrogens is 418 g/mol. The highest BCUT2D eigenvalue weighted by Crippen LogP contribution is 2.30. The second-order valence-electron chi connectivity index (χ2n) is 7.65. The highest BCUT2D eigenvalue weighted by molar-refractivity contribution is 7.85. The van der Waals surface area contributed by atoms with Crippen LogP contribution in [0.15, 0.2) is 48.5 Å². The lowest BCUT2D eigenvalue weighted by Gasteiger charge is -2.16. The number of methoxy groups -OCH3 is 2. The fourth-order valence-electron chi connectivity index (χ4n) is 3.66. The summed E-state index contributed by atoms with van der Waals surface area (Å²) in [6.07, 6.45) is 1.83. The monoisotopic (exact) mass is 449 g/mol. The molecule has 2 aromatic carbocycles. The number of benzene rings is 2. The molecule has 3 rings (SSSR count). The van der Waals surface area contributed by atoms with Crippen molar-refractivity contribution in [2.75, 3.05) is 47.1 Å². The van der Waals surface area contributed by atoms with E-state index in [1.807, 2.05) is 36.4 Å². The van der Waals surface area contributed by atoms with Crippen LogP contribution >= 0.6 is 0 Å². The molecule has 0 aliphatic carbocycles. The smallest absolute Gasteiger partial charge is 0.271 e. The lowest BCUT2D eigenvalue weighted by Crippen LogP contribution is -2.25. The minimum absolute atomic E-state index is 0.0856. The van der Waals surface area contributed by atoms with Crippen LogP contribution in [0.1, 0.15) is 18.4 Å². The summed E-state index contributed by atoms with van der Waals surface area (Å²) in [7, 11) is -0.358. The Hall–Kier alpha value is -2.29. The van der Waals surface area contributed by atoms with Gasteiger partial charge in [-0.15, -0.1) is 0 Å². The fourth-order valence-corrected chi connectivity index (χ4v) is 4.74. The minimum Gasteiger partial charge on any atom is -0.493 e. The summed E-state index contributed by atoms with van der Waals surface area (Å²) < 4.78 is 46.0. The van der Waals surface area contributed by atoms with Gasteiger partial charge in [0.05, 0.1) is 27.4 Å². The first kappa shape index (κ1) is 23.4. The Morgan fingerprint density at radius 2 is 1.81 bits per heavy atom. The maximum atomic E-state index is 12.2. The zero-order chi connectivity index (χ0) is 22.1. The van der Waals surface area contributed by atoms with E-state index in [2.05, 4.69) is 4.90 Å². The average molecular weight is 450 g/mol. The predicted molar refractivity (Wildman–Crippen MR) is 119 cm³/mol. The largest absolute Gasteiger partial charge is 0.493 e. The lowest BCUT2D eigenvalue weighted by molar-refractivity contribution is 0.232. The van der Waals surface area contributed by atoms with E-state index in [0.29, 0.717) is 18.1 Å². The third kappa shape index (κ3) is 7.41. The maximum Gasteiger partial charge on any atom is 0.271 e. The van der Waals surface area contributed by atoms with Gasteiger partial charge in [0.15, 0.2) is 11.5 Å². The van der Waals surface area contributed by atoms with Gasteiger partial charge in [-0.1, -0.05) is 30.3 Å². The predicted octanol–water partition coefficient (Wildman–Crippen LogP) is 3.34. The van der Waals surface area contributed by atoms with Crippen molar-refractivity contribution in [1.82, 2.24) is 4.90 Å². The fraction of sp³-hybridized carbons (Fsp3) is 0.478. The second kappa shape index (κ2) is 11.4. The zero-order valence-electron chi connectivity index (χ0n) is 18.2. The number of hydrogen-bond acceptors (Lipinski definition) is 7. The van der Waals surface area contributed by atoms with E-state index in [4.69, 9.17) is 18.4 Å². The van der Waals surface area contributed by atoms with Gasteiger partial charge in [-0.3, -0.25) is 4.18 Å². The SMILES string of the molecule is COc1ccc(OCCCN2CCC(COS(=O)(=O)Cc3ccccc3)C2)cc1OC. The molecule has 8 heteroatoms. The van der Waals surface area contributed by atoms with Crippen molar-refractivity contribution in [3.63, 3.8) is 0 Å². The first-order valence-electron chi connectivity index (χ1n) is 10.5. The standard InChI is InChI=1S/C23H31NO6S/c1-27-22-10-9-21(15-23(22)28-2)29-14-6-12-24-13-11-20(16-24)17-30-31(25,26)18-19-7-4-3-5-8-19/h3-5,7-10,15,20H,6,11-14,16-18H2,1-2H3. The molecule has 0 spiro atoms. The molecule has 1 saturated heterocycles. The molecule has 2 aromatic rings. The van der Waals surface area contributed by atoms with Crippen molar-refractivity contribution in [3.05, 3.63) is 54.1 Å². The Kier molecular flexibility index (Phi) is 8.57. The van der Waals surface area contributed by atoms with E-state index in [1.165, 1.54) is 0 Å². The van der Waals surface area contributed by atoms with Crippen LogP contribution in [-0.4, -0.2) is 60.4 Å². The van der Waals surface area contributed by atoms with Crippen molar-refractivity contribution in [1.29, 1.82) is 0 Å². The van der Waals surface area contributed by atoms with Crippen molar-refractivity contribution in [2.45, 2.75) is 18.6 Å². The molecule has 31 heavy (non-hydrogen) atoms. The highest BCUT2D eigenvalue weighted by Gasteiger charge is 2.24. The highest BCUT2D eigenvalue weighted by atomic mass is 32.2. The van der Waals surface area contributed by atoms with Crippen LogP contribution in [0.4, 0.5) is 0 Å². The van der Waals surface area contributed by atoms with E-state index in [0.717, 1.165) is 43.8 Å². The Balaban J connectivity index is 1.34. The summed E-state index contributed by atoms with van der Waals surface area (Å²) in [5.74, 6) is 2.21. The molecule has 1 atom stereocenters. The van der Waals surface area contributed by atoms with Crippen LogP contribution in [-0.2, 0) is 20.1 Å². The van der Waals surface area contributed by atoms with Crippen LogP contribution in [0, 0.1) is 5.92 Å². The van der Waals surface area contributed by atoms with Gasteiger partial charge in [0, 0.05) is 19.2 Å². The first-order valence-corrected chi connectivity index (χ1v) is 12.0. The Morgan fingerprint density at radius 1 is 1.03 bits per heavy atom. The molecule has 0 bridgehead atoms. The summed E-state index contributed by atoms with van der Waals surface area (Å²) >= 11 is 0. The molecule has 0 saturated carbocycles. The van der Waals surface area contributed by atoms with Crippen LogP contribution in [0.5, 0.6) is 17.2 Å². The molecular formula is C23H31NO6S. The van der Waals surface area contributed by atoms with Gasteiger partial charge in [-0.25, -0.2) is 0 Å². The summed E-state index contributed by atoms with van der Waals surface area (Å²) in [5, 5.41) is 0. The molecule has 0 radical (unpaired) electrons.